The third-order valence-electron chi connectivity index (χ3n) is 3.38. The molecule has 0 aromatic heterocycles. The summed E-state index contributed by atoms with van der Waals surface area (Å²) in [7, 11) is 0. The zero-order valence-corrected chi connectivity index (χ0v) is 10.9. The van der Waals surface area contributed by atoms with Crippen LogP contribution in [0.15, 0.2) is 0 Å². The molecule has 20 heavy (non-hydrogen) atoms. The molecule has 1 saturated carbocycles. The van der Waals surface area contributed by atoms with Crippen molar-refractivity contribution < 1.29 is 22.0 Å². The van der Waals surface area contributed by atoms with E-state index in [-0.39, 0.29) is 6.54 Å². The fourth-order valence-electron chi connectivity index (χ4n) is 2.12. The molecule has 2 nitrogen and oxygen atoms in total. The minimum Gasteiger partial charge on any atom is -0.379 e. The van der Waals surface area contributed by atoms with Crippen LogP contribution < -0.4 is 5.32 Å². The quantitative estimate of drug-likeness (QED) is 0.492. The Balaban J connectivity index is 2.05. The van der Waals surface area contributed by atoms with E-state index >= 15 is 0 Å². The standard InChI is InChI=1S/C13H15F5N2/c1-2-20(7-3-4-7)6-5-19-13-11(17)9(15)8(14)10(16)12(13)18/h7,19H,2-6H2,1H3. The Kier molecular flexibility index (Phi) is 4.47. The third-order valence-corrected chi connectivity index (χ3v) is 3.38. The summed E-state index contributed by atoms with van der Waals surface area (Å²) in [5.74, 6) is -9.65. The average Bonchev–Trinajstić information content (AvgIpc) is 3.27. The topological polar surface area (TPSA) is 15.3 Å². The summed E-state index contributed by atoms with van der Waals surface area (Å²) in [6.07, 6.45) is 2.16. The van der Waals surface area contributed by atoms with E-state index in [1.165, 1.54) is 0 Å². The number of anilines is 1. The van der Waals surface area contributed by atoms with Crippen LogP contribution in [0.2, 0.25) is 0 Å². The highest BCUT2D eigenvalue weighted by atomic mass is 19.2. The SMILES string of the molecule is CCN(CCNc1c(F)c(F)c(F)c(F)c1F)C1CC1. The zero-order valence-electron chi connectivity index (χ0n) is 10.9. The van der Waals surface area contributed by atoms with Crippen LogP contribution in [0.4, 0.5) is 27.6 Å². The van der Waals surface area contributed by atoms with Crippen molar-refractivity contribution in [3.8, 4) is 0 Å². The van der Waals surface area contributed by atoms with Crippen LogP contribution in [0.1, 0.15) is 19.8 Å². The first-order valence-corrected chi connectivity index (χ1v) is 6.46. The monoisotopic (exact) mass is 294 g/mol. The van der Waals surface area contributed by atoms with E-state index in [2.05, 4.69) is 10.2 Å². The summed E-state index contributed by atoms with van der Waals surface area (Å²) in [5, 5.41) is 2.30. The molecule has 0 aliphatic heterocycles. The fourth-order valence-corrected chi connectivity index (χ4v) is 2.12. The van der Waals surface area contributed by atoms with Gasteiger partial charge in [-0.2, -0.15) is 0 Å². The number of benzene rings is 1. The van der Waals surface area contributed by atoms with Gasteiger partial charge in [0.05, 0.1) is 0 Å². The molecule has 2 rings (SSSR count). The summed E-state index contributed by atoms with van der Waals surface area (Å²) >= 11 is 0. The lowest BCUT2D eigenvalue weighted by atomic mass is 10.2. The van der Waals surface area contributed by atoms with Crippen molar-refractivity contribution in [1.29, 1.82) is 0 Å². The van der Waals surface area contributed by atoms with Crippen LogP contribution in [-0.2, 0) is 0 Å². The van der Waals surface area contributed by atoms with Gasteiger partial charge in [0.15, 0.2) is 23.3 Å². The molecule has 0 saturated heterocycles. The zero-order chi connectivity index (χ0) is 14.9. The predicted octanol–water partition coefficient (Wildman–Crippen LogP) is 3.28. The lowest BCUT2D eigenvalue weighted by Gasteiger charge is -2.20. The fraction of sp³-hybridized carbons (Fsp3) is 0.538. The van der Waals surface area contributed by atoms with E-state index < -0.39 is 34.8 Å². The second-order valence-corrected chi connectivity index (χ2v) is 4.73. The number of halogens is 5. The van der Waals surface area contributed by atoms with Crippen molar-refractivity contribution >= 4 is 5.69 Å². The molecule has 7 heteroatoms. The Labute approximate surface area is 113 Å². The molecule has 0 radical (unpaired) electrons. The lowest BCUT2D eigenvalue weighted by Crippen LogP contribution is -2.31. The van der Waals surface area contributed by atoms with Crippen molar-refractivity contribution in [1.82, 2.24) is 4.90 Å². The number of likely N-dealkylation sites (N-methyl/N-ethyl adjacent to an activating group) is 1. The first-order chi connectivity index (χ1) is 9.47. The molecule has 0 atom stereocenters. The summed E-state index contributed by atoms with van der Waals surface area (Å²) in [4.78, 5) is 2.10. The van der Waals surface area contributed by atoms with Gasteiger partial charge in [-0.05, 0) is 19.4 Å². The summed E-state index contributed by atoms with van der Waals surface area (Å²) in [6.45, 7) is 3.34. The minimum atomic E-state index is -2.14. The van der Waals surface area contributed by atoms with Crippen LogP contribution in [0.25, 0.3) is 0 Å². The molecule has 0 heterocycles. The smallest absolute Gasteiger partial charge is 0.200 e. The number of nitrogens with one attached hydrogen (secondary N) is 1. The van der Waals surface area contributed by atoms with Crippen LogP contribution in [0.3, 0.4) is 0 Å². The van der Waals surface area contributed by atoms with Crippen molar-refractivity contribution in [2.24, 2.45) is 0 Å². The van der Waals surface area contributed by atoms with Gasteiger partial charge in [0, 0.05) is 19.1 Å². The Morgan fingerprint density at radius 3 is 1.90 bits per heavy atom. The number of nitrogens with zero attached hydrogens (tertiary/aromatic N) is 1. The Hall–Kier alpha value is -1.37. The Morgan fingerprint density at radius 2 is 1.45 bits per heavy atom. The first kappa shape index (κ1) is 15.0. The van der Waals surface area contributed by atoms with E-state index in [4.69, 9.17) is 0 Å². The van der Waals surface area contributed by atoms with Crippen LogP contribution >= 0.6 is 0 Å². The van der Waals surface area contributed by atoms with Crippen LogP contribution in [0, 0.1) is 29.1 Å². The van der Waals surface area contributed by atoms with E-state index in [0.29, 0.717) is 12.6 Å². The highest BCUT2D eigenvalue weighted by molar-refractivity contribution is 5.47. The minimum absolute atomic E-state index is 0.114. The maximum Gasteiger partial charge on any atom is 0.200 e. The van der Waals surface area contributed by atoms with Gasteiger partial charge in [-0.25, -0.2) is 22.0 Å². The first-order valence-electron chi connectivity index (χ1n) is 6.46. The molecule has 0 amide bonds. The van der Waals surface area contributed by atoms with Gasteiger partial charge < -0.3 is 5.32 Å². The van der Waals surface area contributed by atoms with Crippen molar-refractivity contribution in [3.05, 3.63) is 29.1 Å². The normalized spacial score (nSPS) is 14.9. The van der Waals surface area contributed by atoms with Crippen molar-refractivity contribution in [3.63, 3.8) is 0 Å². The van der Waals surface area contributed by atoms with Gasteiger partial charge >= 0.3 is 0 Å². The molecule has 1 aliphatic carbocycles. The molecule has 1 aromatic carbocycles. The molecule has 1 fully saturated rings. The highest BCUT2D eigenvalue weighted by Crippen LogP contribution is 2.28. The second kappa shape index (κ2) is 5.95. The van der Waals surface area contributed by atoms with E-state index in [1.54, 1.807) is 0 Å². The van der Waals surface area contributed by atoms with Gasteiger partial charge in [-0.1, -0.05) is 6.92 Å². The largest absolute Gasteiger partial charge is 0.379 e. The summed E-state index contributed by atoms with van der Waals surface area (Å²) < 4.78 is 65.6. The third kappa shape index (κ3) is 2.87. The van der Waals surface area contributed by atoms with Gasteiger partial charge in [0.25, 0.3) is 0 Å². The van der Waals surface area contributed by atoms with E-state index in [1.807, 2.05) is 6.92 Å². The number of hydrogen-bond donors (Lipinski definition) is 1. The molecule has 112 valence electrons. The predicted molar refractivity (Wildman–Crippen MR) is 65.0 cm³/mol. The van der Waals surface area contributed by atoms with Gasteiger partial charge in [0.1, 0.15) is 5.69 Å². The molecule has 1 aromatic rings. The number of rotatable bonds is 6. The molecular weight excluding hydrogens is 279 g/mol. The van der Waals surface area contributed by atoms with E-state index in [9.17, 15) is 22.0 Å². The molecule has 0 unspecified atom stereocenters. The average molecular weight is 294 g/mol. The Morgan fingerprint density at radius 1 is 0.950 bits per heavy atom. The summed E-state index contributed by atoms with van der Waals surface area (Å²) in [5.41, 5.74) is -0.965. The second-order valence-electron chi connectivity index (χ2n) is 4.73. The molecule has 1 N–H and O–H groups in total. The molecular formula is C13H15F5N2. The molecule has 0 bridgehead atoms. The lowest BCUT2D eigenvalue weighted by molar-refractivity contribution is 0.288. The molecule has 0 spiro atoms. The van der Waals surface area contributed by atoms with Gasteiger partial charge in [-0.15, -0.1) is 0 Å². The van der Waals surface area contributed by atoms with Gasteiger partial charge in [-0.3, -0.25) is 4.90 Å². The van der Waals surface area contributed by atoms with Gasteiger partial charge in [0.2, 0.25) is 5.82 Å². The number of hydrogen-bond acceptors (Lipinski definition) is 2. The highest BCUT2D eigenvalue weighted by Gasteiger charge is 2.28. The maximum atomic E-state index is 13.4. The maximum absolute atomic E-state index is 13.4. The van der Waals surface area contributed by atoms with E-state index in [0.717, 1.165) is 19.4 Å². The summed E-state index contributed by atoms with van der Waals surface area (Å²) in [6, 6.07) is 0.471. The Bertz CT molecular complexity index is 473. The van der Waals surface area contributed by atoms with Crippen LogP contribution in [-0.4, -0.2) is 30.6 Å². The van der Waals surface area contributed by atoms with Crippen molar-refractivity contribution in [2.45, 2.75) is 25.8 Å². The van der Waals surface area contributed by atoms with Crippen molar-refractivity contribution in [2.75, 3.05) is 25.0 Å². The molecule has 1 aliphatic rings. The van der Waals surface area contributed by atoms with Crippen LogP contribution in [0.5, 0.6) is 0 Å².